The van der Waals surface area contributed by atoms with Crippen LogP contribution in [-0.2, 0) is 0 Å². The largest absolute Gasteiger partial charge is 0.294 e. The van der Waals surface area contributed by atoms with Gasteiger partial charge in [0.1, 0.15) is 0 Å². The molecule has 0 spiro atoms. The Hall–Kier alpha value is -0.0800. The first-order valence-corrected chi connectivity index (χ1v) is 25.9. The van der Waals surface area contributed by atoms with E-state index in [0.717, 1.165) is 36.3 Å². The third-order valence-electron chi connectivity index (χ3n) is 15.7. The van der Waals surface area contributed by atoms with Crippen LogP contribution in [0.3, 0.4) is 0 Å². The van der Waals surface area contributed by atoms with Gasteiger partial charge >= 0.3 is 0 Å². The smallest absolute Gasteiger partial charge is 0.0116 e. The lowest BCUT2D eigenvalue weighted by Gasteiger charge is -2.49. The number of nitrogens with zero attached hydrogens (tertiary/aromatic N) is 2. The van der Waals surface area contributed by atoms with Gasteiger partial charge in [0.2, 0.25) is 0 Å². The third-order valence-corrected chi connectivity index (χ3v) is 15.7. The summed E-state index contributed by atoms with van der Waals surface area (Å²) in [4.78, 5) is 6.87. The lowest BCUT2D eigenvalue weighted by Crippen LogP contribution is -2.55. The first-order chi connectivity index (χ1) is 26.4. The summed E-state index contributed by atoms with van der Waals surface area (Å²) in [7, 11) is 0. The van der Waals surface area contributed by atoms with Crippen molar-refractivity contribution in [3.05, 3.63) is 0 Å². The Morgan fingerprint density at radius 2 is 0.283 bits per heavy atom. The van der Waals surface area contributed by atoms with Gasteiger partial charge in [-0.3, -0.25) is 9.80 Å². The Kier molecular flexibility index (Phi) is 23.5. The second-order valence-electron chi connectivity index (χ2n) is 20.0. The number of hydrogen-bond acceptors (Lipinski definition) is 2. The van der Waals surface area contributed by atoms with Gasteiger partial charge in [0, 0.05) is 36.3 Å². The predicted molar refractivity (Wildman–Crippen MR) is 234 cm³/mol. The first-order valence-electron chi connectivity index (χ1n) is 25.9. The maximum Gasteiger partial charge on any atom is 0.0116 e. The first kappa shape index (κ1) is 44.0. The molecule has 0 N–H and O–H groups in total. The standard InChI is InChI=1S/C51H96N2/c1-2-5-15-25-35-46(36-26-16-6-3-1)52(48-39-29-19-9-10-20-30-40-48)50-43-33-23-13-14-24-34-44-51(45-50)53(49-41-31-21-11-12-22-32-42-49)47-37-27-17-7-4-8-18-28-38-47/h46-51H,1-45H2. The van der Waals surface area contributed by atoms with Crippen LogP contribution in [0.5, 0.6) is 0 Å². The molecular formula is C51H96N2. The lowest BCUT2D eigenvalue weighted by atomic mass is 9.85. The summed E-state index contributed by atoms with van der Waals surface area (Å²) in [5.74, 6) is 0. The van der Waals surface area contributed by atoms with Gasteiger partial charge in [-0.2, -0.15) is 0 Å². The van der Waals surface area contributed by atoms with Gasteiger partial charge < -0.3 is 0 Å². The van der Waals surface area contributed by atoms with E-state index in [0.29, 0.717) is 0 Å². The maximum absolute atomic E-state index is 3.44. The molecule has 0 aromatic heterocycles. The molecule has 0 aromatic rings. The summed E-state index contributed by atoms with van der Waals surface area (Å²) in [5.41, 5.74) is 0. The molecule has 0 heterocycles. The minimum absolute atomic E-state index is 0.820. The van der Waals surface area contributed by atoms with E-state index in [4.69, 9.17) is 0 Å². The SMILES string of the molecule is C1CCCCCC(N(C2CCCCCCCC2)C2CCCCCCCCC(N(C3CCCCCCCCC3)C3CCCCCCCC3)C2)CCCCC1. The van der Waals surface area contributed by atoms with E-state index in [1.165, 1.54) is 289 Å². The monoisotopic (exact) mass is 737 g/mol. The van der Waals surface area contributed by atoms with Gasteiger partial charge in [0.15, 0.2) is 0 Å². The van der Waals surface area contributed by atoms with Crippen LogP contribution >= 0.6 is 0 Å². The normalized spacial score (nSPS) is 29.5. The molecule has 2 unspecified atom stereocenters. The average Bonchev–Trinajstić information content (AvgIpc) is 3.37. The highest BCUT2D eigenvalue weighted by Gasteiger charge is 2.38. The van der Waals surface area contributed by atoms with Crippen molar-refractivity contribution in [3.8, 4) is 0 Å². The molecule has 310 valence electrons. The molecule has 0 bridgehead atoms. The fraction of sp³-hybridized carbons (Fsp3) is 1.00. The van der Waals surface area contributed by atoms with Crippen LogP contribution in [0.4, 0.5) is 0 Å². The van der Waals surface area contributed by atoms with E-state index < -0.39 is 0 Å². The van der Waals surface area contributed by atoms with E-state index >= 15 is 0 Å². The Morgan fingerprint density at radius 3 is 0.453 bits per heavy atom. The molecule has 5 fully saturated rings. The molecular weight excluding hydrogens is 641 g/mol. The Balaban J connectivity index is 1.50. The predicted octanol–water partition coefficient (Wildman–Crippen LogP) is 16.4. The highest BCUT2D eigenvalue weighted by molar-refractivity contribution is 4.93. The van der Waals surface area contributed by atoms with Crippen LogP contribution in [0.15, 0.2) is 0 Å². The molecule has 0 aliphatic heterocycles. The Morgan fingerprint density at radius 1 is 0.151 bits per heavy atom. The van der Waals surface area contributed by atoms with Crippen molar-refractivity contribution in [2.75, 3.05) is 0 Å². The fourth-order valence-electron chi connectivity index (χ4n) is 12.7. The molecule has 5 saturated carbocycles. The minimum Gasteiger partial charge on any atom is -0.294 e. The van der Waals surface area contributed by atoms with Gasteiger partial charge in [-0.25, -0.2) is 0 Å². The minimum atomic E-state index is 0.820. The Labute approximate surface area is 333 Å². The summed E-state index contributed by atoms with van der Waals surface area (Å²) >= 11 is 0. The third kappa shape index (κ3) is 17.1. The van der Waals surface area contributed by atoms with Crippen LogP contribution in [0, 0.1) is 0 Å². The summed E-state index contributed by atoms with van der Waals surface area (Å²) < 4.78 is 0. The van der Waals surface area contributed by atoms with Crippen LogP contribution < -0.4 is 0 Å². The van der Waals surface area contributed by atoms with Gasteiger partial charge in [-0.05, 0) is 70.6 Å². The molecule has 2 heteroatoms. The van der Waals surface area contributed by atoms with Crippen LogP contribution in [0.2, 0.25) is 0 Å². The van der Waals surface area contributed by atoms with Gasteiger partial charge in [0.05, 0.1) is 0 Å². The Bertz CT molecular complexity index is 813. The quantitative estimate of drug-likeness (QED) is 0.268. The highest BCUT2D eigenvalue weighted by atomic mass is 15.3. The zero-order chi connectivity index (χ0) is 36.4. The summed E-state index contributed by atoms with van der Waals surface area (Å²) in [6.07, 6.45) is 67.6. The van der Waals surface area contributed by atoms with E-state index in [1.54, 1.807) is 0 Å². The van der Waals surface area contributed by atoms with Crippen molar-refractivity contribution in [1.29, 1.82) is 0 Å². The maximum atomic E-state index is 3.44. The van der Waals surface area contributed by atoms with E-state index in [1.807, 2.05) is 0 Å². The molecule has 5 rings (SSSR count). The van der Waals surface area contributed by atoms with Crippen molar-refractivity contribution in [1.82, 2.24) is 9.80 Å². The van der Waals surface area contributed by atoms with E-state index in [2.05, 4.69) is 9.80 Å². The van der Waals surface area contributed by atoms with Crippen LogP contribution in [-0.4, -0.2) is 46.1 Å². The zero-order valence-electron chi connectivity index (χ0n) is 36.2. The van der Waals surface area contributed by atoms with Crippen molar-refractivity contribution in [2.24, 2.45) is 0 Å². The van der Waals surface area contributed by atoms with Crippen molar-refractivity contribution >= 4 is 0 Å². The van der Waals surface area contributed by atoms with Gasteiger partial charge in [-0.15, -0.1) is 0 Å². The van der Waals surface area contributed by atoms with Crippen molar-refractivity contribution in [2.45, 2.75) is 325 Å². The second kappa shape index (κ2) is 28.3. The summed E-state index contributed by atoms with van der Waals surface area (Å²) in [6.45, 7) is 0. The van der Waals surface area contributed by atoms with Crippen molar-refractivity contribution < 1.29 is 0 Å². The summed E-state index contributed by atoms with van der Waals surface area (Å²) in [6, 6.07) is 5.06. The molecule has 0 radical (unpaired) electrons. The molecule has 5 aliphatic carbocycles. The van der Waals surface area contributed by atoms with Crippen LogP contribution in [0.1, 0.15) is 289 Å². The molecule has 0 saturated heterocycles. The van der Waals surface area contributed by atoms with Crippen molar-refractivity contribution in [3.63, 3.8) is 0 Å². The molecule has 2 atom stereocenters. The summed E-state index contributed by atoms with van der Waals surface area (Å²) in [5, 5.41) is 0. The molecule has 2 nitrogen and oxygen atoms in total. The topological polar surface area (TPSA) is 6.48 Å². The van der Waals surface area contributed by atoms with E-state index in [-0.39, 0.29) is 0 Å². The average molecular weight is 737 g/mol. The molecule has 0 aromatic carbocycles. The second-order valence-corrected chi connectivity index (χ2v) is 20.0. The fourth-order valence-corrected chi connectivity index (χ4v) is 12.7. The van der Waals surface area contributed by atoms with E-state index in [9.17, 15) is 0 Å². The molecule has 5 aliphatic rings. The highest BCUT2D eigenvalue weighted by Crippen LogP contribution is 2.38. The van der Waals surface area contributed by atoms with Crippen LogP contribution in [0.25, 0.3) is 0 Å². The molecule has 53 heavy (non-hydrogen) atoms. The molecule has 0 amide bonds. The zero-order valence-corrected chi connectivity index (χ0v) is 36.2. The number of rotatable bonds is 6. The van der Waals surface area contributed by atoms with Gasteiger partial charge in [-0.1, -0.05) is 218 Å². The number of hydrogen-bond donors (Lipinski definition) is 0. The lowest BCUT2D eigenvalue weighted by molar-refractivity contribution is -0.00205. The van der Waals surface area contributed by atoms with Gasteiger partial charge in [0.25, 0.3) is 0 Å².